The molecular formula is C21H31N5O2. The lowest BCUT2D eigenvalue weighted by atomic mass is 9.97. The number of hydrogen-bond donors (Lipinski definition) is 1. The molecule has 1 aromatic carbocycles. The molecule has 2 aliphatic heterocycles. The van der Waals surface area contributed by atoms with E-state index >= 15 is 0 Å². The van der Waals surface area contributed by atoms with Crippen molar-refractivity contribution < 1.29 is 9.53 Å². The largest absolute Gasteiger partial charge is 0.379 e. The summed E-state index contributed by atoms with van der Waals surface area (Å²) < 4.78 is 7.63. The third-order valence-corrected chi connectivity index (χ3v) is 5.86. The minimum atomic E-state index is 0.0311. The average Bonchev–Trinajstić information content (AvgIpc) is 3.13. The minimum absolute atomic E-state index is 0.0311. The van der Waals surface area contributed by atoms with Crippen LogP contribution in [-0.4, -0.2) is 72.8 Å². The second-order valence-electron chi connectivity index (χ2n) is 7.67. The van der Waals surface area contributed by atoms with Crippen molar-refractivity contribution in [3.63, 3.8) is 0 Å². The molecule has 0 aliphatic carbocycles. The molecule has 2 aromatic rings. The number of carbonyl (C=O) groups excluding carboxylic acids is 1. The second-order valence-corrected chi connectivity index (χ2v) is 7.67. The predicted molar refractivity (Wildman–Crippen MR) is 111 cm³/mol. The number of fused-ring (bicyclic) bond motifs is 1. The quantitative estimate of drug-likeness (QED) is 0.820. The van der Waals surface area contributed by atoms with E-state index in [4.69, 9.17) is 9.72 Å². The van der Waals surface area contributed by atoms with Crippen LogP contribution in [-0.2, 0) is 16.1 Å². The number of rotatable bonds is 6. The minimum Gasteiger partial charge on any atom is -0.379 e. The Bertz CT molecular complexity index is 799. The first-order chi connectivity index (χ1) is 13.8. The third kappa shape index (κ3) is 4.15. The summed E-state index contributed by atoms with van der Waals surface area (Å²) in [6.07, 6.45) is 1.97. The second kappa shape index (κ2) is 8.92. The summed E-state index contributed by atoms with van der Waals surface area (Å²) in [4.78, 5) is 22.2. The van der Waals surface area contributed by atoms with E-state index < -0.39 is 0 Å². The molecule has 4 rings (SSSR count). The first-order valence-electron chi connectivity index (χ1n) is 10.5. The number of anilines is 1. The lowest BCUT2D eigenvalue weighted by molar-refractivity contribution is -0.125. The van der Waals surface area contributed by atoms with Gasteiger partial charge in [0.05, 0.1) is 30.2 Å². The Morgan fingerprint density at radius 2 is 2.07 bits per heavy atom. The third-order valence-electron chi connectivity index (χ3n) is 5.86. The normalized spacial score (nSPS) is 21.2. The van der Waals surface area contributed by atoms with Crippen molar-refractivity contribution in [3.8, 4) is 0 Å². The van der Waals surface area contributed by atoms with Gasteiger partial charge in [-0.3, -0.25) is 9.69 Å². The van der Waals surface area contributed by atoms with Gasteiger partial charge in [-0.15, -0.1) is 0 Å². The summed E-state index contributed by atoms with van der Waals surface area (Å²) in [6, 6.07) is 8.26. The Labute approximate surface area is 166 Å². The number of piperidine rings is 1. The molecule has 0 spiro atoms. The molecule has 2 fully saturated rings. The number of amides is 1. The van der Waals surface area contributed by atoms with Gasteiger partial charge in [0, 0.05) is 45.8 Å². The van der Waals surface area contributed by atoms with Crippen LogP contribution >= 0.6 is 0 Å². The zero-order chi connectivity index (χ0) is 19.3. The van der Waals surface area contributed by atoms with Gasteiger partial charge < -0.3 is 19.5 Å². The molecule has 2 saturated heterocycles. The zero-order valence-corrected chi connectivity index (χ0v) is 16.8. The molecule has 1 aromatic heterocycles. The highest BCUT2D eigenvalue weighted by Crippen LogP contribution is 2.27. The van der Waals surface area contributed by atoms with Crippen LogP contribution < -0.4 is 10.2 Å². The van der Waals surface area contributed by atoms with Gasteiger partial charge in [0.15, 0.2) is 0 Å². The Hall–Kier alpha value is -2.12. The van der Waals surface area contributed by atoms with Gasteiger partial charge in [-0.05, 0) is 31.9 Å². The highest BCUT2D eigenvalue weighted by molar-refractivity contribution is 5.81. The van der Waals surface area contributed by atoms with Crippen LogP contribution in [0, 0.1) is 5.92 Å². The van der Waals surface area contributed by atoms with E-state index in [2.05, 4.69) is 44.8 Å². The van der Waals surface area contributed by atoms with Gasteiger partial charge in [-0.25, -0.2) is 4.98 Å². The van der Waals surface area contributed by atoms with Gasteiger partial charge in [-0.2, -0.15) is 0 Å². The molecule has 0 radical (unpaired) electrons. The molecule has 0 unspecified atom stereocenters. The fourth-order valence-electron chi connectivity index (χ4n) is 4.30. The summed E-state index contributed by atoms with van der Waals surface area (Å²) in [6.45, 7) is 9.85. The molecule has 1 N–H and O–H groups in total. The van der Waals surface area contributed by atoms with Crippen LogP contribution in [0.1, 0.15) is 19.8 Å². The molecule has 2 aliphatic rings. The molecule has 1 amide bonds. The Kier molecular flexibility index (Phi) is 6.12. The summed E-state index contributed by atoms with van der Waals surface area (Å²) >= 11 is 0. The van der Waals surface area contributed by atoms with Crippen molar-refractivity contribution >= 4 is 22.9 Å². The lowest BCUT2D eigenvalue weighted by Gasteiger charge is -2.33. The van der Waals surface area contributed by atoms with E-state index in [1.54, 1.807) is 0 Å². The van der Waals surface area contributed by atoms with E-state index in [0.717, 1.165) is 82.3 Å². The number of morpholine rings is 1. The van der Waals surface area contributed by atoms with E-state index in [-0.39, 0.29) is 11.8 Å². The molecule has 0 bridgehead atoms. The SMILES string of the molecule is CCn1c(N2CCC[C@H](C(=O)NCCN3CCOCC3)C2)nc2ccccc21. The monoisotopic (exact) mass is 385 g/mol. The van der Waals surface area contributed by atoms with Crippen LogP contribution in [0.3, 0.4) is 0 Å². The molecule has 0 saturated carbocycles. The van der Waals surface area contributed by atoms with Crippen molar-refractivity contribution in [1.82, 2.24) is 19.8 Å². The number of nitrogens with one attached hydrogen (secondary N) is 1. The number of carbonyl (C=O) groups is 1. The van der Waals surface area contributed by atoms with Crippen LogP contribution in [0.15, 0.2) is 24.3 Å². The van der Waals surface area contributed by atoms with Gasteiger partial charge in [0.2, 0.25) is 11.9 Å². The summed E-state index contributed by atoms with van der Waals surface area (Å²) in [5.74, 6) is 1.20. The van der Waals surface area contributed by atoms with Crippen LogP contribution in [0.2, 0.25) is 0 Å². The highest BCUT2D eigenvalue weighted by Gasteiger charge is 2.28. The standard InChI is InChI=1S/C21H31N5O2/c1-2-26-19-8-4-3-7-18(19)23-21(26)25-10-5-6-17(16-25)20(27)22-9-11-24-12-14-28-15-13-24/h3-4,7-8,17H,2,5-6,9-16H2,1H3,(H,22,27)/t17-/m0/s1. The zero-order valence-electron chi connectivity index (χ0n) is 16.8. The number of para-hydroxylation sites is 2. The number of ether oxygens (including phenoxy) is 1. The molecular weight excluding hydrogens is 354 g/mol. The number of imidazole rings is 1. The fraction of sp³-hybridized carbons (Fsp3) is 0.619. The van der Waals surface area contributed by atoms with Crippen molar-refractivity contribution in [2.24, 2.45) is 5.92 Å². The number of aromatic nitrogens is 2. The Balaban J connectivity index is 1.37. The summed E-state index contributed by atoms with van der Waals surface area (Å²) in [7, 11) is 0. The molecule has 7 heteroatoms. The smallest absolute Gasteiger partial charge is 0.224 e. The predicted octanol–water partition coefficient (Wildman–Crippen LogP) is 1.72. The topological polar surface area (TPSA) is 62.6 Å². The lowest BCUT2D eigenvalue weighted by Crippen LogP contribution is -2.46. The number of aryl methyl sites for hydroxylation is 1. The molecule has 3 heterocycles. The first kappa shape index (κ1) is 19.2. The van der Waals surface area contributed by atoms with Crippen LogP contribution in [0.5, 0.6) is 0 Å². The molecule has 7 nitrogen and oxygen atoms in total. The summed E-state index contributed by atoms with van der Waals surface area (Å²) in [5.41, 5.74) is 2.19. The van der Waals surface area contributed by atoms with Crippen molar-refractivity contribution in [2.45, 2.75) is 26.3 Å². The average molecular weight is 386 g/mol. The van der Waals surface area contributed by atoms with Crippen molar-refractivity contribution in [2.75, 3.05) is 57.4 Å². The summed E-state index contributed by atoms with van der Waals surface area (Å²) in [5, 5.41) is 3.15. The Morgan fingerprint density at radius 3 is 2.89 bits per heavy atom. The number of nitrogens with zero attached hydrogens (tertiary/aromatic N) is 4. The number of benzene rings is 1. The van der Waals surface area contributed by atoms with Gasteiger partial charge in [0.1, 0.15) is 0 Å². The van der Waals surface area contributed by atoms with Crippen molar-refractivity contribution in [1.29, 1.82) is 0 Å². The van der Waals surface area contributed by atoms with Gasteiger partial charge in [-0.1, -0.05) is 12.1 Å². The van der Waals surface area contributed by atoms with Gasteiger partial charge >= 0.3 is 0 Å². The van der Waals surface area contributed by atoms with E-state index in [1.165, 1.54) is 0 Å². The van der Waals surface area contributed by atoms with Crippen molar-refractivity contribution in [3.05, 3.63) is 24.3 Å². The van der Waals surface area contributed by atoms with E-state index in [1.807, 2.05) is 6.07 Å². The Morgan fingerprint density at radius 1 is 1.25 bits per heavy atom. The maximum absolute atomic E-state index is 12.7. The number of hydrogen-bond acceptors (Lipinski definition) is 5. The maximum Gasteiger partial charge on any atom is 0.224 e. The van der Waals surface area contributed by atoms with E-state index in [9.17, 15) is 4.79 Å². The fourth-order valence-corrected chi connectivity index (χ4v) is 4.30. The first-order valence-corrected chi connectivity index (χ1v) is 10.5. The van der Waals surface area contributed by atoms with E-state index in [0.29, 0.717) is 6.54 Å². The van der Waals surface area contributed by atoms with Crippen LogP contribution in [0.4, 0.5) is 5.95 Å². The van der Waals surface area contributed by atoms with Gasteiger partial charge in [0.25, 0.3) is 0 Å². The molecule has 152 valence electrons. The highest BCUT2D eigenvalue weighted by atomic mass is 16.5. The van der Waals surface area contributed by atoms with Crippen LogP contribution in [0.25, 0.3) is 11.0 Å². The molecule has 1 atom stereocenters. The molecule has 28 heavy (non-hydrogen) atoms. The maximum atomic E-state index is 12.7.